The molecule has 1 unspecified atom stereocenters. The summed E-state index contributed by atoms with van der Waals surface area (Å²) in [6.07, 6.45) is 2.02. The van der Waals surface area contributed by atoms with Crippen LogP contribution in [0.4, 0.5) is 5.69 Å². The SMILES string of the molecule is Nc1ccccc1OCC(O)CN1CCCC1. The Balaban J connectivity index is 1.75. The number of hydrogen-bond donors (Lipinski definition) is 2. The molecular weight excluding hydrogens is 216 g/mol. The van der Waals surface area contributed by atoms with E-state index in [-0.39, 0.29) is 0 Å². The van der Waals surface area contributed by atoms with Crippen LogP contribution in [-0.4, -0.2) is 42.4 Å². The van der Waals surface area contributed by atoms with Gasteiger partial charge in [-0.2, -0.15) is 0 Å². The van der Waals surface area contributed by atoms with E-state index in [2.05, 4.69) is 4.90 Å². The van der Waals surface area contributed by atoms with Crippen LogP contribution in [-0.2, 0) is 0 Å². The maximum atomic E-state index is 9.85. The van der Waals surface area contributed by atoms with Crippen LogP contribution in [0.5, 0.6) is 5.75 Å². The van der Waals surface area contributed by atoms with Crippen LogP contribution in [0.3, 0.4) is 0 Å². The third kappa shape index (κ3) is 3.61. The molecule has 1 saturated heterocycles. The monoisotopic (exact) mass is 236 g/mol. The Morgan fingerprint density at radius 2 is 2.00 bits per heavy atom. The van der Waals surface area contributed by atoms with Crippen molar-refractivity contribution in [2.24, 2.45) is 0 Å². The number of rotatable bonds is 5. The lowest BCUT2D eigenvalue weighted by atomic mass is 10.3. The summed E-state index contributed by atoms with van der Waals surface area (Å²) in [6.45, 7) is 3.16. The molecule has 94 valence electrons. The van der Waals surface area contributed by atoms with Crippen molar-refractivity contribution in [1.82, 2.24) is 4.90 Å². The van der Waals surface area contributed by atoms with E-state index in [0.717, 1.165) is 13.1 Å². The predicted octanol–water partition coefficient (Wildman–Crippen LogP) is 1.10. The number of β-amino-alcohol motifs (C(OH)–C–C–N with tert-alkyl or cyclic N) is 1. The molecule has 0 aromatic heterocycles. The molecule has 1 heterocycles. The fourth-order valence-electron chi connectivity index (χ4n) is 2.11. The van der Waals surface area contributed by atoms with Crippen molar-refractivity contribution in [2.75, 3.05) is 32.0 Å². The summed E-state index contributed by atoms with van der Waals surface area (Å²) < 4.78 is 5.51. The second kappa shape index (κ2) is 5.89. The van der Waals surface area contributed by atoms with Gasteiger partial charge >= 0.3 is 0 Å². The molecule has 1 atom stereocenters. The lowest BCUT2D eigenvalue weighted by Crippen LogP contribution is -2.33. The number of aliphatic hydroxyl groups is 1. The minimum absolute atomic E-state index is 0.296. The summed E-state index contributed by atoms with van der Waals surface area (Å²) in [7, 11) is 0. The molecule has 0 radical (unpaired) electrons. The molecule has 0 amide bonds. The van der Waals surface area contributed by atoms with Crippen LogP contribution >= 0.6 is 0 Å². The first kappa shape index (κ1) is 12.2. The Hall–Kier alpha value is -1.26. The lowest BCUT2D eigenvalue weighted by molar-refractivity contribution is 0.0761. The molecular formula is C13H20N2O2. The van der Waals surface area contributed by atoms with Crippen LogP contribution in [0.25, 0.3) is 0 Å². The molecule has 1 aromatic carbocycles. The Morgan fingerprint density at radius 1 is 1.29 bits per heavy atom. The molecule has 1 aliphatic heterocycles. The zero-order chi connectivity index (χ0) is 12.1. The summed E-state index contributed by atoms with van der Waals surface area (Å²) >= 11 is 0. The molecule has 1 aliphatic rings. The van der Waals surface area contributed by atoms with E-state index in [1.807, 2.05) is 18.2 Å². The van der Waals surface area contributed by atoms with Gasteiger partial charge < -0.3 is 20.5 Å². The van der Waals surface area contributed by atoms with Crippen LogP contribution in [0.2, 0.25) is 0 Å². The summed E-state index contributed by atoms with van der Waals surface area (Å²) in [5.74, 6) is 0.646. The third-order valence-electron chi connectivity index (χ3n) is 3.02. The molecule has 4 heteroatoms. The number of nitrogens with two attached hydrogens (primary N) is 1. The zero-order valence-electron chi connectivity index (χ0n) is 10.0. The van der Waals surface area contributed by atoms with Gasteiger partial charge in [-0.3, -0.25) is 0 Å². The van der Waals surface area contributed by atoms with Crippen molar-refractivity contribution in [3.05, 3.63) is 24.3 Å². The molecule has 1 fully saturated rings. The van der Waals surface area contributed by atoms with E-state index in [1.165, 1.54) is 12.8 Å². The summed E-state index contributed by atoms with van der Waals surface area (Å²) in [4.78, 5) is 2.27. The first-order chi connectivity index (χ1) is 8.25. The normalized spacial score (nSPS) is 18.2. The maximum absolute atomic E-state index is 9.85. The number of ether oxygens (including phenoxy) is 1. The maximum Gasteiger partial charge on any atom is 0.142 e. The van der Waals surface area contributed by atoms with E-state index in [4.69, 9.17) is 10.5 Å². The Morgan fingerprint density at radius 3 is 2.71 bits per heavy atom. The highest BCUT2D eigenvalue weighted by atomic mass is 16.5. The fourth-order valence-corrected chi connectivity index (χ4v) is 2.11. The summed E-state index contributed by atoms with van der Waals surface area (Å²) in [5.41, 5.74) is 6.37. The van der Waals surface area contributed by atoms with E-state index >= 15 is 0 Å². The van der Waals surface area contributed by atoms with Gasteiger partial charge in [0.15, 0.2) is 0 Å². The number of hydrogen-bond acceptors (Lipinski definition) is 4. The van der Waals surface area contributed by atoms with Gasteiger partial charge in [-0.1, -0.05) is 12.1 Å². The molecule has 0 saturated carbocycles. The molecule has 17 heavy (non-hydrogen) atoms. The number of anilines is 1. The third-order valence-corrected chi connectivity index (χ3v) is 3.02. The van der Waals surface area contributed by atoms with Crippen LogP contribution in [0, 0.1) is 0 Å². The van der Waals surface area contributed by atoms with Crippen LogP contribution in [0.1, 0.15) is 12.8 Å². The number of para-hydroxylation sites is 2. The van der Waals surface area contributed by atoms with Crippen molar-refractivity contribution in [3.63, 3.8) is 0 Å². The number of nitrogen functional groups attached to an aromatic ring is 1. The zero-order valence-corrected chi connectivity index (χ0v) is 10.0. The van der Waals surface area contributed by atoms with E-state index < -0.39 is 6.10 Å². The average Bonchev–Trinajstić information content (AvgIpc) is 2.81. The molecule has 3 N–H and O–H groups in total. The first-order valence-electron chi connectivity index (χ1n) is 6.13. The van der Waals surface area contributed by atoms with Crippen LogP contribution in [0.15, 0.2) is 24.3 Å². The molecule has 4 nitrogen and oxygen atoms in total. The second-order valence-electron chi connectivity index (χ2n) is 4.51. The minimum atomic E-state index is -0.451. The van der Waals surface area contributed by atoms with Crippen molar-refractivity contribution in [1.29, 1.82) is 0 Å². The highest BCUT2D eigenvalue weighted by molar-refractivity contribution is 5.51. The molecule has 0 bridgehead atoms. The van der Waals surface area contributed by atoms with Gasteiger partial charge in [-0.25, -0.2) is 0 Å². The first-order valence-corrected chi connectivity index (χ1v) is 6.13. The minimum Gasteiger partial charge on any atom is -0.489 e. The van der Waals surface area contributed by atoms with Crippen molar-refractivity contribution in [2.45, 2.75) is 18.9 Å². The van der Waals surface area contributed by atoms with Gasteiger partial charge in [0.2, 0.25) is 0 Å². The van der Waals surface area contributed by atoms with Gasteiger partial charge in [0, 0.05) is 6.54 Å². The summed E-state index contributed by atoms with van der Waals surface area (Å²) in [6, 6.07) is 7.35. The van der Waals surface area contributed by atoms with Crippen LogP contribution < -0.4 is 10.5 Å². The van der Waals surface area contributed by atoms with Crippen molar-refractivity contribution < 1.29 is 9.84 Å². The molecule has 2 rings (SSSR count). The highest BCUT2D eigenvalue weighted by Gasteiger charge is 2.16. The second-order valence-corrected chi connectivity index (χ2v) is 4.51. The standard InChI is InChI=1S/C13H20N2O2/c14-12-5-1-2-6-13(12)17-10-11(16)9-15-7-3-4-8-15/h1-2,5-6,11,16H,3-4,7-10,14H2. The summed E-state index contributed by atoms with van der Waals surface area (Å²) in [5, 5.41) is 9.85. The largest absolute Gasteiger partial charge is 0.489 e. The number of aliphatic hydroxyl groups excluding tert-OH is 1. The molecule has 0 spiro atoms. The highest BCUT2D eigenvalue weighted by Crippen LogP contribution is 2.19. The Bertz CT molecular complexity index is 351. The fraction of sp³-hybridized carbons (Fsp3) is 0.538. The smallest absolute Gasteiger partial charge is 0.142 e. The molecule has 0 aliphatic carbocycles. The van der Waals surface area contributed by atoms with Gasteiger partial charge in [0.1, 0.15) is 18.5 Å². The van der Waals surface area contributed by atoms with Gasteiger partial charge in [-0.05, 0) is 38.1 Å². The number of nitrogens with zero attached hydrogens (tertiary/aromatic N) is 1. The van der Waals surface area contributed by atoms with E-state index in [1.54, 1.807) is 6.07 Å². The van der Waals surface area contributed by atoms with Gasteiger partial charge in [0.25, 0.3) is 0 Å². The topological polar surface area (TPSA) is 58.7 Å². The quantitative estimate of drug-likeness (QED) is 0.752. The number of likely N-dealkylation sites (tertiary alicyclic amines) is 1. The molecule has 1 aromatic rings. The predicted molar refractivity (Wildman–Crippen MR) is 68.0 cm³/mol. The van der Waals surface area contributed by atoms with Crippen molar-refractivity contribution >= 4 is 5.69 Å². The lowest BCUT2D eigenvalue weighted by Gasteiger charge is -2.19. The average molecular weight is 236 g/mol. The Labute approximate surface area is 102 Å². The number of benzene rings is 1. The van der Waals surface area contributed by atoms with E-state index in [0.29, 0.717) is 24.6 Å². The van der Waals surface area contributed by atoms with E-state index in [9.17, 15) is 5.11 Å². The van der Waals surface area contributed by atoms with Crippen molar-refractivity contribution in [3.8, 4) is 5.75 Å². The van der Waals surface area contributed by atoms with Gasteiger partial charge in [-0.15, -0.1) is 0 Å². The Kier molecular flexibility index (Phi) is 4.23. The van der Waals surface area contributed by atoms with Gasteiger partial charge in [0.05, 0.1) is 5.69 Å².